The van der Waals surface area contributed by atoms with E-state index in [1.807, 2.05) is 23.1 Å². The van der Waals surface area contributed by atoms with Crippen LogP contribution in [0.25, 0.3) is 0 Å². The van der Waals surface area contributed by atoms with E-state index in [9.17, 15) is 0 Å². The van der Waals surface area contributed by atoms with Gasteiger partial charge in [0.1, 0.15) is 0 Å². The number of nitrogens with one attached hydrogen (secondary N) is 1. The molecule has 1 N–H and O–H groups in total. The van der Waals surface area contributed by atoms with Crippen LogP contribution in [0, 0.1) is 0 Å². The predicted molar refractivity (Wildman–Crippen MR) is 70.8 cm³/mol. The lowest BCUT2D eigenvalue weighted by molar-refractivity contribution is 0.557. The molecule has 0 aliphatic rings. The van der Waals surface area contributed by atoms with Crippen LogP contribution in [0.5, 0.6) is 0 Å². The van der Waals surface area contributed by atoms with E-state index in [2.05, 4.69) is 38.5 Å². The molecule has 0 saturated carbocycles. The van der Waals surface area contributed by atoms with Gasteiger partial charge in [-0.25, -0.2) is 0 Å². The minimum absolute atomic E-state index is 0.932. The zero-order valence-corrected chi connectivity index (χ0v) is 11.3. The zero-order chi connectivity index (χ0) is 11.2. The van der Waals surface area contributed by atoms with E-state index >= 15 is 0 Å². The molecule has 0 amide bonds. The third-order valence-corrected chi connectivity index (χ3v) is 3.94. The molecule has 0 aliphatic heterocycles. The van der Waals surface area contributed by atoms with Crippen molar-refractivity contribution in [2.24, 2.45) is 0 Å². The Labute approximate surface area is 108 Å². The molecule has 0 bridgehead atoms. The minimum Gasteiger partial charge on any atom is -0.315 e. The second kappa shape index (κ2) is 6.18. The fourth-order valence-corrected chi connectivity index (χ4v) is 2.93. The van der Waals surface area contributed by atoms with Gasteiger partial charge in [-0.15, -0.1) is 11.3 Å². The van der Waals surface area contributed by atoms with Gasteiger partial charge in [0, 0.05) is 30.4 Å². The summed E-state index contributed by atoms with van der Waals surface area (Å²) >= 11 is 5.27. The molecular formula is C11H14BrN3S. The van der Waals surface area contributed by atoms with Crippen molar-refractivity contribution in [3.05, 3.63) is 39.3 Å². The first kappa shape index (κ1) is 11.8. The third-order valence-electron chi connectivity index (χ3n) is 2.25. The van der Waals surface area contributed by atoms with Crippen molar-refractivity contribution < 1.29 is 0 Å². The first-order valence-corrected chi connectivity index (χ1v) is 6.88. The average Bonchev–Trinajstić information content (AvgIpc) is 2.89. The van der Waals surface area contributed by atoms with Gasteiger partial charge in [-0.1, -0.05) is 0 Å². The smallest absolute Gasteiger partial charge is 0.0701 e. The fraction of sp³-hybridized carbons (Fsp3) is 0.364. The highest BCUT2D eigenvalue weighted by molar-refractivity contribution is 9.11. The Morgan fingerprint density at radius 2 is 2.31 bits per heavy atom. The fourth-order valence-electron chi connectivity index (χ4n) is 1.45. The zero-order valence-electron chi connectivity index (χ0n) is 8.90. The number of thiophene rings is 1. The van der Waals surface area contributed by atoms with Crippen LogP contribution in [0.1, 0.15) is 4.88 Å². The van der Waals surface area contributed by atoms with E-state index in [0.717, 1.165) is 26.1 Å². The summed E-state index contributed by atoms with van der Waals surface area (Å²) in [7, 11) is 0. The van der Waals surface area contributed by atoms with Crippen LogP contribution in [0.15, 0.2) is 34.4 Å². The normalized spacial score (nSPS) is 10.8. The van der Waals surface area contributed by atoms with Crippen LogP contribution in [0.2, 0.25) is 0 Å². The molecule has 0 fully saturated rings. The van der Waals surface area contributed by atoms with Crippen molar-refractivity contribution >= 4 is 27.3 Å². The molecule has 5 heteroatoms. The largest absolute Gasteiger partial charge is 0.315 e. The Hall–Kier alpha value is -0.650. The van der Waals surface area contributed by atoms with Crippen molar-refractivity contribution in [2.45, 2.75) is 13.0 Å². The molecule has 0 aliphatic carbocycles. The van der Waals surface area contributed by atoms with Gasteiger partial charge in [-0.2, -0.15) is 5.10 Å². The molecule has 0 saturated heterocycles. The highest BCUT2D eigenvalue weighted by Crippen LogP contribution is 2.21. The molecule has 0 atom stereocenters. The number of nitrogens with zero attached hydrogens (tertiary/aromatic N) is 2. The lowest BCUT2D eigenvalue weighted by Gasteiger charge is -2.03. The first-order valence-electron chi connectivity index (χ1n) is 5.27. The van der Waals surface area contributed by atoms with Crippen molar-refractivity contribution in [2.75, 3.05) is 13.1 Å². The number of hydrogen-bond donors (Lipinski definition) is 1. The molecule has 16 heavy (non-hydrogen) atoms. The van der Waals surface area contributed by atoms with Crippen molar-refractivity contribution in [3.63, 3.8) is 0 Å². The van der Waals surface area contributed by atoms with Crippen molar-refractivity contribution in [1.29, 1.82) is 0 Å². The van der Waals surface area contributed by atoms with Gasteiger partial charge >= 0.3 is 0 Å². The summed E-state index contributed by atoms with van der Waals surface area (Å²) in [5.74, 6) is 0. The van der Waals surface area contributed by atoms with Gasteiger partial charge < -0.3 is 5.32 Å². The van der Waals surface area contributed by atoms with Crippen LogP contribution in [-0.2, 0) is 13.0 Å². The SMILES string of the molecule is Brc1ccc(CCNCCn2cccn2)s1. The van der Waals surface area contributed by atoms with E-state index in [-0.39, 0.29) is 0 Å². The Bertz CT molecular complexity index is 411. The molecule has 0 unspecified atom stereocenters. The highest BCUT2D eigenvalue weighted by atomic mass is 79.9. The summed E-state index contributed by atoms with van der Waals surface area (Å²) in [6.07, 6.45) is 4.89. The van der Waals surface area contributed by atoms with Gasteiger partial charge in [0.15, 0.2) is 0 Å². The van der Waals surface area contributed by atoms with E-state index in [1.54, 1.807) is 11.3 Å². The molecular weight excluding hydrogens is 286 g/mol. The molecule has 3 nitrogen and oxygen atoms in total. The summed E-state index contributed by atoms with van der Waals surface area (Å²) in [4.78, 5) is 1.42. The van der Waals surface area contributed by atoms with E-state index < -0.39 is 0 Å². The molecule has 2 rings (SSSR count). The number of aromatic nitrogens is 2. The summed E-state index contributed by atoms with van der Waals surface area (Å²) in [5, 5.41) is 7.56. The Morgan fingerprint density at radius 3 is 3.00 bits per heavy atom. The summed E-state index contributed by atoms with van der Waals surface area (Å²) < 4.78 is 3.15. The molecule has 2 heterocycles. The van der Waals surface area contributed by atoms with Gasteiger partial charge in [-0.05, 0) is 40.5 Å². The summed E-state index contributed by atoms with van der Waals surface area (Å²) in [5.41, 5.74) is 0. The average molecular weight is 300 g/mol. The van der Waals surface area contributed by atoms with Crippen LogP contribution in [-0.4, -0.2) is 22.9 Å². The predicted octanol–water partition coefficient (Wildman–Crippen LogP) is 2.54. The van der Waals surface area contributed by atoms with Crippen molar-refractivity contribution in [3.8, 4) is 0 Å². The second-order valence-electron chi connectivity index (χ2n) is 3.47. The monoisotopic (exact) mass is 299 g/mol. The Morgan fingerprint density at radius 1 is 1.38 bits per heavy atom. The molecule has 86 valence electrons. The van der Waals surface area contributed by atoms with E-state index in [4.69, 9.17) is 0 Å². The standard InChI is InChI=1S/C11H14BrN3S/c12-11-3-2-10(16-11)4-6-13-7-9-15-8-1-5-14-15/h1-3,5,8,13H,4,6-7,9H2. The van der Waals surface area contributed by atoms with Gasteiger partial charge in [0.25, 0.3) is 0 Å². The maximum atomic E-state index is 4.15. The number of hydrogen-bond acceptors (Lipinski definition) is 3. The summed E-state index contributed by atoms with van der Waals surface area (Å²) in [6.45, 7) is 2.92. The van der Waals surface area contributed by atoms with Crippen LogP contribution in [0.4, 0.5) is 0 Å². The number of halogens is 1. The first-order chi connectivity index (χ1) is 7.84. The molecule has 0 radical (unpaired) electrons. The van der Waals surface area contributed by atoms with Crippen LogP contribution < -0.4 is 5.32 Å². The van der Waals surface area contributed by atoms with E-state index in [0.29, 0.717) is 0 Å². The Kier molecular flexibility index (Phi) is 4.56. The van der Waals surface area contributed by atoms with Crippen LogP contribution >= 0.6 is 27.3 Å². The highest BCUT2D eigenvalue weighted by Gasteiger charge is 1.97. The topological polar surface area (TPSA) is 29.9 Å². The van der Waals surface area contributed by atoms with Gasteiger partial charge in [-0.3, -0.25) is 4.68 Å². The maximum absolute atomic E-state index is 4.15. The van der Waals surface area contributed by atoms with Crippen LogP contribution in [0.3, 0.4) is 0 Å². The lowest BCUT2D eigenvalue weighted by atomic mass is 10.3. The quantitative estimate of drug-likeness (QED) is 0.831. The summed E-state index contributed by atoms with van der Waals surface area (Å²) in [6, 6.07) is 6.22. The third kappa shape index (κ3) is 3.73. The second-order valence-corrected chi connectivity index (χ2v) is 6.02. The minimum atomic E-state index is 0.932. The maximum Gasteiger partial charge on any atom is 0.0701 e. The molecule has 2 aromatic rings. The van der Waals surface area contributed by atoms with Crippen molar-refractivity contribution in [1.82, 2.24) is 15.1 Å². The molecule has 0 spiro atoms. The van der Waals surface area contributed by atoms with Gasteiger partial charge in [0.05, 0.1) is 10.3 Å². The number of rotatable bonds is 6. The molecule has 0 aromatic carbocycles. The lowest BCUT2D eigenvalue weighted by Crippen LogP contribution is -2.22. The Balaban J connectivity index is 1.59. The van der Waals surface area contributed by atoms with E-state index in [1.165, 1.54) is 8.66 Å². The van der Waals surface area contributed by atoms with Gasteiger partial charge in [0.2, 0.25) is 0 Å². The molecule has 2 aromatic heterocycles.